The van der Waals surface area contributed by atoms with E-state index in [9.17, 15) is 0 Å². The molecule has 0 radical (unpaired) electrons. The van der Waals surface area contributed by atoms with Crippen molar-refractivity contribution in [3.8, 4) is 27.9 Å². The second-order valence-electron chi connectivity index (χ2n) is 13.4. The normalized spacial score (nSPS) is 11.5. The molecule has 244 valence electrons. The molecule has 0 saturated heterocycles. The monoisotopic (exact) mass is 662 g/mol. The largest absolute Gasteiger partial charge is 0.309 e. The van der Waals surface area contributed by atoms with Gasteiger partial charge in [0.1, 0.15) is 0 Å². The summed E-state index contributed by atoms with van der Waals surface area (Å²) in [4.78, 5) is 2.50. The van der Waals surface area contributed by atoms with Crippen molar-refractivity contribution in [1.82, 2.24) is 4.57 Å². The van der Waals surface area contributed by atoms with Crippen LogP contribution in [0, 0.1) is 0 Å². The number of hydrogen-bond donors (Lipinski definition) is 0. The first-order valence-electron chi connectivity index (χ1n) is 17.9. The maximum Gasteiger partial charge on any atom is 0.0640 e. The van der Waals surface area contributed by atoms with Crippen LogP contribution in [0.25, 0.3) is 71.3 Å². The van der Waals surface area contributed by atoms with Crippen LogP contribution in [0.4, 0.5) is 17.1 Å². The van der Waals surface area contributed by atoms with Crippen LogP contribution in [-0.2, 0) is 0 Å². The van der Waals surface area contributed by atoms with Crippen LogP contribution in [-0.4, -0.2) is 4.57 Å². The number of fused-ring (bicyclic) bond motifs is 5. The molecule has 10 aromatic rings. The van der Waals surface area contributed by atoms with Crippen molar-refractivity contribution in [2.45, 2.75) is 0 Å². The summed E-state index contributed by atoms with van der Waals surface area (Å²) in [6.45, 7) is 0. The minimum atomic E-state index is 1.11. The summed E-state index contributed by atoms with van der Waals surface area (Å²) in [6, 6.07) is 74.7. The summed E-state index contributed by atoms with van der Waals surface area (Å²) < 4.78 is 2.45. The van der Waals surface area contributed by atoms with Crippen molar-refractivity contribution < 1.29 is 0 Å². The van der Waals surface area contributed by atoms with Gasteiger partial charge in [0.05, 0.1) is 22.4 Å². The van der Waals surface area contributed by atoms with Crippen LogP contribution >= 0.6 is 0 Å². The molecule has 0 bridgehead atoms. The third kappa shape index (κ3) is 4.96. The first-order valence-corrected chi connectivity index (χ1v) is 17.9. The molecule has 0 fully saturated rings. The molecule has 2 nitrogen and oxygen atoms in total. The Morgan fingerprint density at radius 3 is 1.67 bits per heavy atom. The highest BCUT2D eigenvalue weighted by molar-refractivity contribution is 6.24. The van der Waals surface area contributed by atoms with E-state index in [0.717, 1.165) is 17.1 Å². The molecule has 10 rings (SSSR count). The van der Waals surface area contributed by atoms with Crippen molar-refractivity contribution in [2.75, 3.05) is 4.90 Å². The zero-order valence-electron chi connectivity index (χ0n) is 28.5. The summed E-state index contributed by atoms with van der Waals surface area (Å²) in [5.41, 5.74) is 11.7. The van der Waals surface area contributed by atoms with E-state index in [1.165, 1.54) is 71.3 Å². The first kappa shape index (κ1) is 30.0. The van der Waals surface area contributed by atoms with Crippen LogP contribution in [0.15, 0.2) is 206 Å². The lowest BCUT2D eigenvalue weighted by atomic mass is 9.99. The zero-order chi connectivity index (χ0) is 34.4. The summed E-state index contributed by atoms with van der Waals surface area (Å²) in [5.74, 6) is 0. The number of anilines is 3. The average Bonchev–Trinajstić information content (AvgIpc) is 3.55. The van der Waals surface area contributed by atoms with Gasteiger partial charge in [-0.25, -0.2) is 0 Å². The van der Waals surface area contributed by atoms with Crippen molar-refractivity contribution in [3.63, 3.8) is 0 Å². The number of para-hydroxylation sites is 1. The molecule has 0 saturated carbocycles. The van der Waals surface area contributed by atoms with E-state index in [4.69, 9.17) is 0 Å². The van der Waals surface area contributed by atoms with Gasteiger partial charge < -0.3 is 9.47 Å². The molecule has 1 heterocycles. The quantitative estimate of drug-likeness (QED) is 0.172. The second kappa shape index (κ2) is 12.5. The van der Waals surface area contributed by atoms with Gasteiger partial charge in [-0.1, -0.05) is 164 Å². The van der Waals surface area contributed by atoms with Crippen molar-refractivity contribution >= 4 is 60.4 Å². The Hall–Kier alpha value is -6.90. The summed E-state index contributed by atoms with van der Waals surface area (Å²) in [5, 5.41) is 7.25. The van der Waals surface area contributed by atoms with Gasteiger partial charge in [0.2, 0.25) is 0 Å². The molecule has 0 unspecified atom stereocenters. The first-order chi connectivity index (χ1) is 25.8. The van der Waals surface area contributed by atoms with Crippen molar-refractivity contribution in [1.29, 1.82) is 0 Å². The molecule has 0 aliphatic heterocycles. The van der Waals surface area contributed by atoms with Crippen molar-refractivity contribution in [2.24, 2.45) is 0 Å². The Kier molecular flexibility index (Phi) is 7.18. The number of benzene rings is 9. The molecule has 0 aliphatic rings. The van der Waals surface area contributed by atoms with Gasteiger partial charge in [0.25, 0.3) is 0 Å². The van der Waals surface area contributed by atoms with Gasteiger partial charge in [0.15, 0.2) is 0 Å². The molecule has 0 aliphatic carbocycles. The SMILES string of the molecule is c1ccc(-c2ccc(N(c3cccc4ccccc34)c3c4ccccc4cc4c3c3ccccc3n4-c3cccc(-c4ccccc4)c3)cc2)cc1. The Morgan fingerprint density at radius 2 is 0.904 bits per heavy atom. The fourth-order valence-corrected chi connectivity index (χ4v) is 7.96. The number of aromatic nitrogens is 1. The summed E-state index contributed by atoms with van der Waals surface area (Å²) in [6.07, 6.45) is 0. The predicted molar refractivity (Wildman–Crippen MR) is 221 cm³/mol. The van der Waals surface area contributed by atoms with Gasteiger partial charge in [0, 0.05) is 32.9 Å². The summed E-state index contributed by atoms with van der Waals surface area (Å²) >= 11 is 0. The lowest BCUT2D eigenvalue weighted by molar-refractivity contribution is 1.18. The van der Waals surface area contributed by atoms with Crippen LogP contribution in [0.5, 0.6) is 0 Å². The highest BCUT2D eigenvalue weighted by atomic mass is 15.2. The van der Waals surface area contributed by atoms with E-state index in [1.807, 2.05) is 0 Å². The third-order valence-electron chi connectivity index (χ3n) is 10.3. The molecule has 9 aromatic carbocycles. The Morgan fingerprint density at radius 1 is 0.346 bits per heavy atom. The van der Waals surface area contributed by atoms with Crippen LogP contribution in [0.3, 0.4) is 0 Å². The highest BCUT2D eigenvalue weighted by Gasteiger charge is 2.25. The molecule has 2 heteroatoms. The lowest BCUT2D eigenvalue weighted by Gasteiger charge is -2.29. The Balaban J connectivity index is 1.31. The molecular formula is C50H34N2. The molecule has 52 heavy (non-hydrogen) atoms. The Bertz CT molecular complexity index is 2880. The fraction of sp³-hybridized carbons (Fsp3) is 0. The fourth-order valence-electron chi connectivity index (χ4n) is 7.96. The number of rotatable bonds is 6. The van der Waals surface area contributed by atoms with E-state index in [1.54, 1.807) is 0 Å². The van der Waals surface area contributed by atoms with Gasteiger partial charge in [-0.15, -0.1) is 0 Å². The zero-order valence-corrected chi connectivity index (χ0v) is 28.5. The van der Waals surface area contributed by atoms with E-state index in [0.29, 0.717) is 0 Å². The van der Waals surface area contributed by atoms with Gasteiger partial charge in [-0.3, -0.25) is 0 Å². The molecule has 0 spiro atoms. The number of nitrogens with zero attached hydrogens (tertiary/aromatic N) is 2. The highest BCUT2D eigenvalue weighted by Crippen LogP contribution is 2.49. The molecular weight excluding hydrogens is 629 g/mol. The van der Waals surface area contributed by atoms with Crippen molar-refractivity contribution in [3.05, 3.63) is 206 Å². The van der Waals surface area contributed by atoms with Gasteiger partial charge >= 0.3 is 0 Å². The Labute approximate surface area is 303 Å². The second-order valence-corrected chi connectivity index (χ2v) is 13.4. The standard InChI is InChI=1S/C50H34N2/c1-3-15-35(16-4-1)37-29-31-41(32-30-37)52(46-28-14-21-38-19-7-9-24-43(38)46)50-44-25-10-8-20-40(44)34-48-49(50)45-26-11-12-27-47(45)51(48)42-23-13-22-39(33-42)36-17-5-2-6-18-36/h1-34H. The third-order valence-corrected chi connectivity index (χ3v) is 10.3. The average molecular weight is 663 g/mol. The summed E-state index contributed by atoms with van der Waals surface area (Å²) in [7, 11) is 0. The lowest BCUT2D eigenvalue weighted by Crippen LogP contribution is -2.11. The van der Waals surface area contributed by atoms with Crippen LogP contribution in [0.2, 0.25) is 0 Å². The maximum absolute atomic E-state index is 2.50. The number of hydrogen-bond acceptors (Lipinski definition) is 1. The molecule has 0 amide bonds. The minimum absolute atomic E-state index is 1.11. The molecule has 1 aromatic heterocycles. The van der Waals surface area contributed by atoms with Crippen LogP contribution < -0.4 is 4.90 Å². The predicted octanol–water partition coefficient (Wildman–Crippen LogP) is 13.9. The van der Waals surface area contributed by atoms with Crippen LogP contribution in [0.1, 0.15) is 0 Å². The minimum Gasteiger partial charge on any atom is -0.309 e. The van der Waals surface area contributed by atoms with E-state index < -0.39 is 0 Å². The molecule has 0 N–H and O–H groups in total. The van der Waals surface area contributed by atoms with Gasteiger partial charge in [-0.05, 0) is 75.5 Å². The molecule has 0 atom stereocenters. The smallest absolute Gasteiger partial charge is 0.0640 e. The topological polar surface area (TPSA) is 8.17 Å². The van der Waals surface area contributed by atoms with E-state index in [-0.39, 0.29) is 0 Å². The van der Waals surface area contributed by atoms with E-state index >= 15 is 0 Å². The maximum atomic E-state index is 2.50. The van der Waals surface area contributed by atoms with E-state index in [2.05, 4.69) is 216 Å². The van der Waals surface area contributed by atoms with Gasteiger partial charge in [-0.2, -0.15) is 0 Å².